The van der Waals surface area contributed by atoms with Gasteiger partial charge in [0, 0.05) is 6.20 Å². The number of aromatic nitrogens is 2. The van der Waals surface area contributed by atoms with Crippen LogP contribution in [0.2, 0.25) is 0 Å². The number of rotatable bonds is 2. The van der Waals surface area contributed by atoms with Crippen molar-refractivity contribution >= 4 is 22.6 Å². The molecule has 100 valence electrons. The van der Waals surface area contributed by atoms with Crippen LogP contribution < -0.4 is 5.32 Å². The Balaban J connectivity index is 1.89. The van der Waals surface area contributed by atoms with Crippen molar-refractivity contribution in [3.63, 3.8) is 0 Å². The van der Waals surface area contributed by atoms with Gasteiger partial charge in [0.15, 0.2) is 0 Å². The first-order valence-electron chi connectivity index (χ1n) is 6.18. The van der Waals surface area contributed by atoms with E-state index in [9.17, 15) is 9.90 Å². The zero-order chi connectivity index (χ0) is 14.1. The Bertz CT molecular complexity index is 760. The summed E-state index contributed by atoms with van der Waals surface area (Å²) in [5, 5.41) is 12.5. The fourth-order valence-corrected chi connectivity index (χ4v) is 2.02. The Kier molecular flexibility index (Phi) is 2.87. The van der Waals surface area contributed by atoms with Crippen LogP contribution in [0.1, 0.15) is 16.1 Å². The minimum Gasteiger partial charge on any atom is -0.506 e. The van der Waals surface area contributed by atoms with E-state index in [4.69, 9.17) is 0 Å². The average molecular weight is 267 g/mol. The number of hydrogen-bond acceptors (Lipinski definition) is 3. The number of phenolic OH excluding ortho intramolecular Hbond substituents is 1. The molecule has 1 amide bonds. The van der Waals surface area contributed by atoms with Crippen molar-refractivity contribution in [2.75, 3.05) is 5.32 Å². The van der Waals surface area contributed by atoms with E-state index in [0.717, 1.165) is 16.6 Å². The number of nitrogens with one attached hydrogen (secondary N) is 2. The highest BCUT2D eigenvalue weighted by Crippen LogP contribution is 2.24. The van der Waals surface area contributed by atoms with Crippen LogP contribution in [0.3, 0.4) is 0 Å². The predicted molar refractivity (Wildman–Crippen MR) is 76.9 cm³/mol. The molecule has 0 spiro atoms. The highest BCUT2D eigenvalue weighted by Gasteiger charge is 2.12. The summed E-state index contributed by atoms with van der Waals surface area (Å²) in [5.41, 5.74) is 3.23. The maximum Gasteiger partial charge on any atom is 0.272 e. The Hall–Kier alpha value is -2.82. The number of carbonyl (C=O) groups is 1. The molecule has 1 aromatic carbocycles. The Morgan fingerprint density at radius 2 is 2.15 bits per heavy atom. The van der Waals surface area contributed by atoms with Gasteiger partial charge in [-0.1, -0.05) is 6.07 Å². The number of nitrogens with zero attached hydrogens (tertiary/aromatic N) is 1. The number of fused-ring (bicyclic) bond motifs is 1. The summed E-state index contributed by atoms with van der Waals surface area (Å²) in [6, 6.07) is 10.4. The second kappa shape index (κ2) is 4.70. The molecule has 0 saturated heterocycles. The number of aryl methyl sites for hydroxylation is 1. The van der Waals surface area contributed by atoms with E-state index in [1.54, 1.807) is 30.5 Å². The van der Waals surface area contributed by atoms with Crippen LogP contribution in [-0.4, -0.2) is 21.0 Å². The van der Waals surface area contributed by atoms with E-state index in [1.807, 2.05) is 19.1 Å². The third-order valence-corrected chi connectivity index (χ3v) is 3.03. The summed E-state index contributed by atoms with van der Waals surface area (Å²) in [4.78, 5) is 19.3. The molecule has 5 heteroatoms. The SMILES string of the molecule is Cc1ccc(NC(=O)c2cc3ncccc3[nH]2)c(O)c1. The summed E-state index contributed by atoms with van der Waals surface area (Å²) in [7, 11) is 0. The van der Waals surface area contributed by atoms with Crippen molar-refractivity contribution in [3.8, 4) is 5.75 Å². The highest BCUT2D eigenvalue weighted by molar-refractivity contribution is 6.06. The van der Waals surface area contributed by atoms with Gasteiger partial charge in [0.1, 0.15) is 11.4 Å². The molecule has 0 aliphatic carbocycles. The van der Waals surface area contributed by atoms with Crippen LogP contribution in [0, 0.1) is 6.92 Å². The first-order valence-corrected chi connectivity index (χ1v) is 6.18. The van der Waals surface area contributed by atoms with Gasteiger partial charge in [-0.05, 0) is 42.8 Å². The van der Waals surface area contributed by atoms with Gasteiger partial charge in [0.25, 0.3) is 5.91 Å². The van der Waals surface area contributed by atoms with E-state index >= 15 is 0 Å². The molecule has 3 aromatic rings. The van der Waals surface area contributed by atoms with Gasteiger partial charge in [-0.25, -0.2) is 0 Å². The molecule has 0 unspecified atom stereocenters. The van der Waals surface area contributed by atoms with E-state index in [-0.39, 0.29) is 11.7 Å². The Labute approximate surface area is 115 Å². The van der Waals surface area contributed by atoms with Crippen LogP contribution >= 0.6 is 0 Å². The van der Waals surface area contributed by atoms with Crippen molar-refractivity contribution in [1.82, 2.24) is 9.97 Å². The zero-order valence-electron chi connectivity index (χ0n) is 10.8. The minimum absolute atomic E-state index is 0.0487. The van der Waals surface area contributed by atoms with Crippen molar-refractivity contribution in [2.45, 2.75) is 6.92 Å². The molecule has 3 rings (SSSR count). The first-order chi connectivity index (χ1) is 9.63. The molecule has 0 radical (unpaired) electrons. The highest BCUT2D eigenvalue weighted by atomic mass is 16.3. The van der Waals surface area contributed by atoms with Crippen LogP contribution in [0.25, 0.3) is 11.0 Å². The third kappa shape index (κ3) is 2.21. The standard InChI is InChI=1S/C15H13N3O2/c1-9-4-5-11(14(19)7-9)18-15(20)13-8-12-10(17-13)3-2-6-16-12/h2-8,17,19H,1H3,(H,18,20). The van der Waals surface area contributed by atoms with Gasteiger partial charge in [-0.3, -0.25) is 9.78 Å². The predicted octanol–water partition coefficient (Wildman–Crippen LogP) is 2.83. The summed E-state index contributed by atoms with van der Waals surface area (Å²) >= 11 is 0. The first kappa shape index (κ1) is 12.2. The number of phenols is 1. The van der Waals surface area contributed by atoms with Gasteiger partial charge in [-0.15, -0.1) is 0 Å². The van der Waals surface area contributed by atoms with Crippen molar-refractivity contribution in [1.29, 1.82) is 0 Å². The molecule has 0 fully saturated rings. The topological polar surface area (TPSA) is 78.0 Å². The largest absolute Gasteiger partial charge is 0.506 e. The number of aromatic hydroxyl groups is 1. The summed E-state index contributed by atoms with van der Waals surface area (Å²) in [6.45, 7) is 1.87. The van der Waals surface area contributed by atoms with Crippen LogP contribution in [0.4, 0.5) is 5.69 Å². The normalized spacial score (nSPS) is 10.7. The van der Waals surface area contributed by atoms with Crippen LogP contribution in [-0.2, 0) is 0 Å². The van der Waals surface area contributed by atoms with Crippen LogP contribution in [0.15, 0.2) is 42.6 Å². The van der Waals surface area contributed by atoms with Gasteiger partial charge >= 0.3 is 0 Å². The van der Waals surface area contributed by atoms with E-state index in [2.05, 4.69) is 15.3 Å². The van der Waals surface area contributed by atoms with Crippen molar-refractivity contribution < 1.29 is 9.90 Å². The quantitative estimate of drug-likeness (QED) is 0.625. The number of benzene rings is 1. The van der Waals surface area contributed by atoms with Crippen LogP contribution in [0.5, 0.6) is 5.75 Å². The third-order valence-electron chi connectivity index (χ3n) is 3.03. The maximum absolute atomic E-state index is 12.1. The number of pyridine rings is 1. The molecule has 0 aliphatic rings. The second-order valence-electron chi connectivity index (χ2n) is 4.59. The molecule has 5 nitrogen and oxygen atoms in total. The molecule has 0 atom stereocenters. The fourth-order valence-electron chi connectivity index (χ4n) is 2.02. The number of amides is 1. The molecule has 0 aliphatic heterocycles. The minimum atomic E-state index is -0.317. The lowest BCUT2D eigenvalue weighted by atomic mass is 10.2. The number of hydrogen-bond donors (Lipinski definition) is 3. The molecule has 2 aromatic heterocycles. The summed E-state index contributed by atoms with van der Waals surface area (Å²) in [6.07, 6.45) is 1.67. The molecule has 3 N–H and O–H groups in total. The van der Waals surface area contributed by atoms with Crippen molar-refractivity contribution in [2.24, 2.45) is 0 Å². The number of H-pyrrole nitrogens is 1. The Morgan fingerprint density at radius 1 is 1.30 bits per heavy atom. The van der Waals surface area contributed by atoms with Gasteiger partial charge in [0.2, 0.25) is 0 Å². The van der Waals surface area contributed by atoms with E-state index < -0.39 is 0 Å². The van der Waals surface area contributed by atoms with Gasteiger partial charge < -0.3 is 15.4 Å². The molecular formula is C15H13N3O2. The lowest BCUT2D eigenvalue weighted by Gasteiger charge is -2.06. The lowest BCUT2D eigenvalue weighted by Crippen LogP contribution is -2.12. The Morgan fingerprint density at radius 3 is 2.90 bits per heavy atom. The molecule has 0 bridgehead atoms. The lowest BCUT2D eigenvalue weighted by molar-refractivity contribution is 0.102. The molecule has 0 saturated carbocycles. The average Bonchev–Trinajstić information content (AvgIpc) is 2.86. The van der Waals surface area contributed by atoms with Crippen molar-refractivity contribution in [3.05, 3.63) is 53.9 Å². The molecule has 2 heterocycles. The summed E-state index contributed by atoms with van der Waals surface area (Å²) in [5.74, 6) is -0.269. The zero-order valence-corrected chi connectivity index (χ0v) is 10.8. The maximum atomic E-state index is 12.1. The molecule has 20 heavy (non-hydrogen) atoms. The van der Waals surface area contributed by atoms with Gasteiger partial charge in [0.05, 0.1) is 16.7 Å². The number of carbonyl (C=O) groups excluding carboxylic acids is 1. The molecular weight excluding hydrogens is 254 g/mol. The van der Waals surface area contributed by atoms with E-state index in [0.29, 0.717) is 11.4 Å². The number of anilines is 1. The van der Waals surface area contributed by atoms with Gasteiger partial charge in [-0.2, -0.15) is 0 Å². The smallest absolute Gasteiger partial charge is 0.272 e. The monoisotopic (exact) mass is 267 g/mol. The fraction of sp³-hybridized carbons (Fsp3) is 0.0667. The number of aromatic amines is 1. The van der Waals surface area contributed by atoms with E-state index in [1.165, 1.54) is 0 Å². The summed E-state index contributed by atoms with van der Waals surface area (Å²) < 4.78 is 0. The second-order valence-corrected chi connectivity index (χ2v) is 4.59.